The second-order valence-electron chi connectivity index (χ2n) is 7.47. The van der Waals surface area contributed by atoms with Crippen LogP contribution in [0.25, 0.3) is 6.08 Å². The molecule has 0 unspecified atom stereocenters. The van der Waals surface area contributed by atoms with Gasteiger partial charge in [-0.25, -0.2) is 0 Å². The van der Waals surface area contributed by atoms with Crippen LogP contribution < -0.4 is 15.5 Å². The van der Waals surface area contributed by atoms with E-state index in [1.54, 1.807) is 12.1 Å². The van der Waals surface area contributed by atoms with Crippen LogP contribution in [0, 0.1) is 0 Å². The van der Waals surface area contributed by atoms with Gasteiger partial charge in [0, 0.05) is 44.4 Å². The van der Waals surface area contributed by atoms with Crippen LogP contribution in [-0.2, 0) is 9.59 Å². The lowest BCUT2D eigenvalue weighted by atomic mass is 10.2. The van der Waals surface area contributed by atoms with Crippen molar-refractivity contribution in [2.75, 3.05) is 36.4 Å². The van der Waals surface area contributed by atoms with E-state index >= 15 is 0 Å². The van der Waals surface area contributed by atoms with Crippen molar-refractivity contribution in [3.63, 3.8) is 0 Å². The molecule has 2 N–H and O–H groups in total. The van der Waals surface area contributed by atoms with E-state index in [-0.39, 0.29) is 16.9 Å². The van der Waals surface area contributed by atoms with Crippen molar-refractivity contribution in [1.29, 1.82) is 0 Å². The minimum atomic E-state index is -0.315. The van der Waals surface area contributed by atoms with E-state index in [1.165, 1.54) is 6.08 Å². The van der Waals surface area contributed by atoms with Crippen LogP contribution in [0.15, 0.2) is 54.6 Å². The van der Waals surface area contributed by atoms with Crippen molar-refractivity contribution in [2.24, 2.45) is 0 Å². The summed E-state index contributed by atoms with van der Waals surface area (Å²) in [7, 11) is 0. The van der Waals surface area contributed by atoms with E-state index < -0.39 is 0 Å². The molecule has 1 aliphatic rings. The van der Waals surface area contributed by atoms with Crippen molar-refractivity contribution in [3.8, 4) is 0 Å². The molecule has 0 atom stereocenters. The Morgan fingerprint density at radius 2 is 1.81 bits per heavy atom. The average molecular weight is 471 g/mol. The number of amides is 2. The van der Waals surface area contributed by atoms with Gasteiger partial charge < -0.3 is 15.1 Å². The zero-order valence-electron chi connectivity index (χ0n) is 18.0. The molecular weight excluding hydrogens is 444 g/mol. The van der Waals surface area contributed by atoms with Gasteiger partial charge >= 0.3 is 0 Å². The number of benzene rings is 2. The largest absolute Gasteiger partial charge is 0.367 e. The number of halogens is 1. The Morgan fingerprint density at radius 1 is 1.09 bits per heavy atom. The minimum Gasteiger partial charge on any atom is -0.367 e. The van der Waals surface area contributed by atoms with E-state index in [0.717, 1.165) is 30.8 Å². The molecule has 0 saturated carbocycles. The predicted molar refractivity (Wildman–Crippen MR) is 135 cm³/mol. The number of rotatable bonds is 6. The normalized spacial score (nSPS) is 13.8. The predicted octanol–water partition coefficient (Wildman–Crippen LogP) is 4.32. The molecule has 1 saturated heterocycles. The van der Waals surface area contributed by atoms with Gasteiger partial charge in [0.15, 0.2) is 5.11 Å². The van der Waals surface area contributed by atoms with Crippen LogP contribution in [0.1, 0.15) is 25.3 Å². The molecule has 1 aliphatic heterocycles. The molecule has 0 radical (unpaired) electrons. The van der Waals surface area contributed by atoms with E-state index in [9.17, 15) is 9.59 Å². The van der Waals surface area contributed by atoms with Crippen LogP contribution in [0.5, 0.6) is 0 Å². The Balaban J connectivity index is 1.51. The van der Waals surface area contributed by atoms with Gasteiger partial charge in [-0.15, -0.1) is 0 Å². The maximum Gasteiger partial charge on any atom is 0.250 e. The molecule has 0 spiro atoms. The first kappa shape index (κ1) is 23.8. The molecule has 168 valence electrons. The van der Waals surface area contributed by atoms with Gasteiger partial charge in [-0.05, 0) is 48.5 Å². The minimum absolute atomic E-state index is 0.194. The maximum atomic E-state index is 12.1. The smallest absolute Gasteiger partial charge is 0.250 e. The Hall–Kier alpha value is -2.90. The van der Waals surface area contributed by atoms with Gasteiger partial charge in [0.25, 0.3) is 0 Å². The second-order valence-corrected chi connectivity index (χ2v) is 8.29. The van der Waals surface area contributed by atoms with Crippen molar-refractivity contribution in [2.45, 2.75) is 19.8 Å². The first-order valence-electron chi connectivity index (χ1n) is 10.6. The summed E-state index contributed by atoms with van der Waals surface area (Å²) in [5, 5.41) is 6.39. The van der Waals surface area contributed by atoms with Crippen molar-refractivity contribution in [3.05, 3.63) is 65.2 Å². The number of nitrogens with one attached hydrogen (secondary N) is 2. The second kappa shape index (κ2) is 11.6. The first-order chi connectivity index (χ1) is 15.5. The van der Waals surface area contributed by atoms with Crippen LogP contribution in [0.2, 0.25) is 5.02 Å². The molecule has 2 aromatic rings. The molecule has 32 heavy (non-hydrogen) atoms. The van der Waals surface area contributed by atoms with Gasteiger partial charge in [0.05, 0.1) is 10.7 Å². The summed E-state index contributed by atoms with van der Waals surface area (Å²) in [6.45, 7) is 4.89. The Labute approximate surface area is 199 Å². The lowest BCUT2D eigenvalue weighted by Gasteiger charge is -2.36. The number of thiocarbonyl (C=S) groups is 1. The molecule has 1 heterocycles. The molecule has 2 amide bonds. The van der Waals surface area contributed by atoms with Crippen molar-refractivity contribution < 1.29 is 9.59 Å². The van der Waals surface area contributed by atoms with Gasteiger partial charge in [-0.1, -0.05) is 48.9 Å². The summed E-state index contributed by atoms with van der Waals surface area (Å²) in [6, 6.07) is 15.1. The third-order valence-electron chi connectivity index (χ3n) is 5.11. The summed E-state index contributed by atoms with van der Waals surface area (Å²) in [4.78, 5) is 28.2. The number of carbonyl (C=O) groups is 2. The van der Waals surface area contributed by atoms with E-state index in [0.29, 0.717) is 30.2 Å². The highest BCUT2D eigenvalue weighted by Gasteiger charge is 2.22. The Bertz CT molecular complexity index is 989. The topological polar surface area (TPSA) is 64.7 Å². The number of anilines is 2. The lowest BCUT2D eigenvalue weighted by Crippen LogP contribution is -2.48. The number of piperazine rings is 1. The van der Waals surface area contributed by atoms with Crippen LogP contribution in [-0.4, -0.2) is 48.0 Å². The third kappa shape index (κ3) is 6.80. The van der Waals surface area contributed by atoms with Crippen LogP contribution in [0.3, 0.4) is 0 Å². The zero-order valence-corrected chi connectivity index (χ0v) is 19.6. The number of carbonyl (C=O) groups excluding carboxylic acids is 2. The summed E-state index contributed by atoms with van der Waals surface area (Å²) in [5.74, 6) is -0.100. The molecule has 0 bridgehead atoms. The third-order valence-corrected chi connectivity index (χ3v) is 5.61. The first-order valence-corrected chi connectivity index (χ1v) is 11.4. The van der Waals surface area contributed by atoms with Gasteiger partial charge in [-0.3, -0.25) is 14.9 Å². The van der Waals surface area contributed by atoms with Crippen molar-refractivity contribution in [1.82, 2.24) is 10.2 Å². The Kier molecular flexibility index (Phi) is 8.64. The molecule has 0 aliphatic carbocycles. The SMILES string of the molecule is CCCC(=O)N1CCN(c2ccc(NC(=S)NC(=O)/C=C/c3ccccc3)cc2Cl)CC1. The highest BCUT2D eigenvalue weighted by Crippen LogP contribution is 2.29. The fourth-order valence-electron chi connectivity index (χ4n) is 3.46. The average Bonchev–Trinajstić information content (AvgIpc) is 2.79. The van der Waals surface area contributed by atoms with Gasteiger partial charge in [0.2, 0.25) is 11.8 Å². The van der Waals surface area contributed by atoms with Crippen molar-refractivity contribution >= 4 is 58.2 Å². The maximum absolute atomic E-state index is 12.1. The number of nitrogens with zero attached hydrogens (tertiary/aromatic N) is 2. The number of hydrogen-bond donors (Lipinski definition) is 2. The van der Waals surface area contributed by atoms with E-state index in [1.807, 2.05) is 54.3 Å². The summed E-state index contributed by atoms with van der Waals surface area (Å²) >= 11 is 11.7. The highest BCUT2D eigenvalue weighted by atomic mass is 35.5. The lowest BCUT2D eigenvalue weighted by molar-refractivity contribution is -0.131. The summed E-state index contributed by atoms with van der Waals surface area (Å²) in [5.41, 5.74) is 2.54. The molecule has 0 aromatic heterocycles. The van der Waals surface area contributed by atoms with Crippen LogP contribution >= 0.6 is 23.8 Å². The Morgan fingerprint density at radius 3 is 2.47 bits per heavy atom. The van der Waals surface area contributed by atoms with E-state index in [4.69, 9.17) is 23.8 Å². The molecular formula is C24H27ClN4O2S. The standard InChI is InChI=1S/C24H27ClN4O2S/c1-2-6-23(31)29-15-13-28(14-16-29)21-11-10-19(17-20(21)25)26-24(32)27-22(30)12-9-18-7-4-3-5-8-18/h3-5,7-12,17H,2,6,13-16H2,1H3,(H2,26,27,30,32)/b12-9+. The summed E-state index contributed by atoms with van der Waals surface area (Å²) in [6.07, 6.45) is 4.62. The number of hydrogen-bond acceptors (Lipinski definition) is 4. The molecule has 6 nitrogen and oxygen atoms in total. The van der Waals surface area contributed by atoms with Crippen LogP contribution in [0.4, 0.5) is 11.4 Å². The molecule has 8 heteroatoms. The quantitative estimate of drug-likeness (QED) is 0.486. The molecule has 1 fully saturated rings. The van der Waals surface area contributed by atoms with Gasteiger partial charge in [-0.2, -0.15) is 0 Å². The zero-order chi connectivity index (χ0) is 22.9. The fraction of sp³-hybridized carbons (Fsp3) is 0.292. The summed E-state index contributed by atoms with van der Waals surface area (Å²) < 4.78 is 0. The molecule has 3 rings (SSSR count). The van der Waals surface area contributed by atoms with E-state index in [2.05, 4.69) is 15.5 Å². The fourth-order valence-corrected chi connectivity index (χ4v) is 3.98. The van der Waals surface area contributed by atoms with Gasteiger partial charge in [0.1, 0.15) is 0 Å². The highest BCUT2D eigenvalue weighted by molar-refractivity contribution is 7.80. The monoisotopic (exact) mass is 470 g/mol. The molecule has 2 aromatic carbocycles.